The van der Waals surface area contributed by atoms with Crippen LogP contribution in [0.1, 0.15) is 0 Å². The first-order chi connectivity index (χ1) is 12.6. The lowest BCUT2D eigenvalue weighted by molar-refractivity contribution is -0.384. The molecule has 0 saturated carbocycles. The van der Waals surface area contributed by atoms with Crippen LogP contribution in [0.5, 0.6) is 0 Å². The maximum absolute atomic E-state index is 13.1. The van der Waals surface area contributed by atoms with Crippen LogP contribution in [0.15, 0.2) is 48.7 Å². The lowest BCUT2D eigenvalue weighted by Gasteiger charge is -2.36. The topological polar surface area (TPSA) is 67.4 Å². The van der Waals surface area contributed by atoms with E-state index in [9.17, 15) is 14.5 Å². The highest BCUT2D eigenvalue weighted by molar-refractivity contribution is 5.80. The van der Waals surface area contributed by atoms with Gasteiger partial charge in [-0.2, -0.15) is 5.10 Å². The monoisotopic (exact) mass is 355 g/mol. The average molecular weight is 355 g/mol. The molecule has 0 bridgehead atoms. The van der Waals surface area contributed by atoms with E-state index in [1.807, 2.05) is 0 Å². The minimum absolute atomic E-state index is 0.0698. The van der Waals surface area contributed by atoms with Gasteiger partial charge < -0.3 is 4.90 Å². The van der Waals surface area contributed by atoms with Gasteiger partial charge >= 0.3 is 0 Å². The van der Waals surface area contributed by atoms with Crippen molar-refractivity contribution >= 4 is 22.3 Å². The molecule has 3 aromatic rings. The largest absolute Gasteiger partial charge is 0.369 e. The zero-order chi connectivity index (χ0) is 18.1. The molecule has 2 heterocycles. The third kappa shape index (κ3) is 3.23. The third-order valence-corrected chi connectivity index (χ3v) is 4.74. The molecule has 1 aromatic heterocycles. The lowest BCUT2D eigenvalue weighted by Crippen LogP contribution is -2.46. The molecule has 1 saturated heterocycles. The standard InChI is InChI=1S/C18H18FN5O2/c19-15-2-5-16(6-3-15)22-9-7-21(8-10-22)13-23-18-11-17(24(25)26)4-1-14(18)12-20-23/h1-6,11-12H,7-10,13H2. The molecule has 0 amide bonds. The Morgan fingerprint density at radius 1 is 1.08 bits per heavy atom. The Morgan fingerprint density at radius 3 is 2.50 bits per heavy atom. The molecular weight excluding hydrogens is 337 g/mol. The molecule has 1 aliphatic heterocycles. The Balaban J connectivity index is 1.44. The van der Waals surface area contributed by atoms with Crippen LogP contribution in [0, 0.1) is 15.9 Å². The number of nitro groups is 1. The van der Waals surface area contributed by atoms with Gasteiger partial charge in [-0.05, 0) is 30.3 Å². The second kappa shape index (κ2) is 6.72. The van der Waals surface area contributed by atoms with Gasteiger partial charge in [-0.1, -0.05) is 0 Å². The van der Waals surface area contributed by atoms with E-state index >= 15 is 0 Å². The number of hydrogen-bond donors (Lipinski definition) is 0. The maximum Gasteiger partial charge on any atom is 0.271 e. The van der Waals surface area contributed by atoms with Crippen molar-refractivity contribution in [1.29, 1.82) is 0 Å². The van der Waals surface area contributed by atoms with Crippen LogP contribution in [0.25, 0.3) is 10.9 Å². The Bertz CT molecular complexity index is 932. The van der Waals surface area contributed by atoms with Gasteiger partial charge in [0.05, 0.1) is 23.3 Å². The Hall–Kier alpha value is -3.00. The predicted octanol–water partition coefficient (Wildman–Crippen LogP) is 2.86. The smallest absolute Gasteiger partial charge is 0.271 e. The van der Waals surface area contributed by atoms with Crippen molar-refractivity contribution in [3.8, 4) is 0 Å². The van der Waals surface area contributed by atoms with Crippen LogP contribution in [-0.4, -0.2) is 45.8 Å². The van der Waals surface area contributed by atoms with Crippen LogP contribution >= 0.6 is 0 Å². The number of nitrogens with zero attached hydrogens (tertiary/aromatic N) is 5. The van der Waals surface area contributed by atoms with Crippen molar-refractivity contribution in [2.45, 2.75) is 6.67 Å². The summed E-state index contributed by atoms with van der Waals surface area (Å²) < 4.78 is 14.9. The molecular formula is C18H18FN5O2. The summed E-state index contributed by atoms with van der Waals surface area (Å²) in [5.41, 5.74) is 1.85. The second-order valence-electron chi connectivity index (χ2n) is 6.37. The van der Waals surface area contributed by atoms with E-state index in [0.29, 0.717) is 6.67 Å². The molecule has 0 unspecified atom stereocenters. The molecule has 26 heavy (non-hydrogen) atoms. The number of hydrogen-bond acceptors (Lipinski definition) is 5. The zero-order valence-electron chi connectivity index (χ0n) is 14.1. The molecule has 7 nitrogen and oxygen atoms in total. The van der Waals surface area contributed by atoms with Gasteiger partial charge in [0, 0.05) is 49.4 Å². The number of rotatable bonds is 4. The molecule has 134 valence electrons. The predicted molar refractivity (Wildman–Crippen MR) is 96.6 cm³/mol. The highest BCUT2D eigenvalue weighted by Crippen LogP contribution is 2.22. The first kappa shape index (κ1) is 16.5. The SMILES string of the molecule is O=[N+]([O-])c1ccc2cnn(CN3CCN(c4ccc(F)cc4)CC3)c2c1. The number of halogens is 1. The molecule has 0 spiro atoms. The molecule has 0 atom stereocenters. The van der Waals surface area contributed by atoms with Gasteiger partial charge in [0.15, 0.2) is 0 Å². The summed E-state index contributed by atoms with van der Waals surface area (Å²) in [4.78, 5) is 15.1. The van der Waals surface area contributed by atoms with Crippen LogP contribution in [0.2, 0.25) is 0 Å². The molecule has 0 radical (unpaired) electrons. The summed E-state index contributed by atoms with van der Waals surface area (Å²) in [6.07, 6.45) is 1.73. The molecule has 0 N–H and O–H groups in total. The average Bonchev–Trinajstić information content (AvgIpc) is 3.05. The van der Waals surface area contributed by atoms with E-state index in [1.54, 1.807) is 35.1 Å². The minimum Gasteiger partial charge on any atom is -0.369 e. The summed E-state index contributed by atoms with van der Waals surface area (Å²) >= 11 is 0. The van der Waals surface area contributed by atoms with Gasteiger partial charge in [-0.3, -0.25) is 19.7 Å². The van der Waals surface area contributed by atoms with Crippen molar-refractivity contribution in [3.05, 3.63) is 64.6 Å². The van der Waals surface area contributed by atoms with Gasteiger partial charge in [0.25, 0.3) is 5.69 Å². The van der Waals surface area contributed by atoms with E-state index in [-0.39, 0.29) is 11.5 Å². The molecule has 2 aromatic carbocycles. The third-order valence-electron chi connectivity index (χ3n) is 4.74. The molecule has 8 heteroatoms. The van der Waals surface area contributed by atoms with E-state index in [4.69, 9.17) is 0 Å². The van der Waals surface area contributed by atoms with Crippen molar-refractivity contribution in [3.63, 3.8) is 0 Å². The van der Waals surface area contributed by atoms with Crippen LogP contribution < -0.4 is 4.90 Å². The summed E-state index contributed by atoms with van der Waals surface area (Å²) in [5, 5.41) is 16.3. The fraction of sp³-hybridized carbons (Fsp3) is 0.278. The van der Waals surface area contributed by atoms with Crippen molar-refractivity contribution < 1.29 is 9.31 Å². The first-order valence-electron chi connectivity index (χ1n) is 8.43. The highest BCUT2D eigenvalue weighted by atomic mass is 19.1. The summed E-state index contributed by atoms with van der Waals surface area (Å²) in [6.45, 7) is 3.94. The van der Waals surface area contributed by atoms with Crippen LogP contribution in [-0.2, 0) is 6.67 Å². The fourth-order valence-corrected chi connectivity index (χ4v) is 3.27. The van der Waals surface area contributed by atoms with Gasteiger partial charge in [-0.25, -0.2) is 4.39 Å². The molecule has 0 aliphatic carbocycles. The van der Waals surface area contributed by atoms with Crippen molar-refractivity contribution in [2.75, 3.05) is 31.1 Å². The normalized spacial score (nSPS) is 15.5. The van der Waals surface area contributed by atoms with E-state index in [1.165, 1.54) is 18.2 Å². The number of nitro benzene ring substituents is 1. The minimum atomic E-state index is -0.391. The number of benzene rings is 2. The number of anilines is 1. The summed E-state index contributed by atoms with van der Waals surface area (Å²) in [6, 6.07) is 11.3. The second-order valence-corrected chi connectivity index (χ2v) is 6.37. The summed E-state index contributed by atoms with van der Waals surface area (Å²) in [7, 11) is 0. The van der Waals surface area contributed by atoms with Gasteiger partial charge in [-0.15, -0.1) is 0 Å². The number of fused-ring (bicyclic) bond motifs is 1. The Labute approximate surface area is 149 Å². The highest BCUT2D eigenvalue weighted by Gasteiger charge is 2.19. The van der Waals surface area contributed by atoms with Crippen molar-refractivity contribution in [1.82, 2.24) is 14.7 Å². The first-order valence-corrected chi connectivity index (χ1v) is 8.43. The molecule has 1 aliphatic rings. The fourth-order valence-electron chi connectivity index (χ4n) is 3.27. The van der Waals surface area contributed by atoms with E-state index in [2.05, 4.69) is 14.9 Å². The maximum atomic E-state index is 13.1. The van der Waals surface area contributed by atoms with Gasteiger partial charge in [0.2, 0.25) is 0 Å². The van der Waals surface area contributed by atoms with E-state index in [0.717, 1.165) is 42.8 Å². The number of aromatic nitrogens is 2. The van der Waals surface area contributed by atoms with Gasteiger partial charge in [0.1, 0.15) is 5.82 Å². The number of piperazine rings is 1. The Kier molecular flexibility index (Phi) is 4.26. The Morgan fingerprint density at radius 2 is 1.81 bits per heavy atom. The molecule has 4 rings (SSSR count). The summed E-state index contributed by atoms with van der Waals surface area (Å²) in [5.74, 6) is -0.230. The number of non-ortho nitro benzene ring substituents is 1. The lowest BCUT2D eigenvalue weighted by atomic mass is 10.2. The zero-order valence-corrected chi connectivity index (χ0v) is 14.1. The molecule has 1 fully saturated rings. The quantitative estimate of drug-likeness (QED) is 0.532. The van der Waals surface area contributed by atoms with Crippen LogP contribution in [0.3, 0.4) is 0 Å². The van der Waals surface area contributed by atoms with Crippen LogP contribution in [0.4, 0.5) is 15.8 Å². The van der Waals surface area contributed by atoms with E-state index < -0.39 is 4.92 Å². The van der Waals surface area contributed by atoms with Crippen molar-refractivity contribution in [2.24, 2.45) is 0 Å².